The summed E-state index contributed by atoms with van der Waals surface area (Å²) < 4.78 is 5.28. The molecule has 2 amide bonds. The summed E-state index contributed by atoms with van der Waals surface area (Å²) in [6.07, 6.45) is 4.69. The lowest BCUT2D eigenvalue weighted by atomic mass is 10.1. The van der Waals surface area contributed by atoms with Crippen LogP contribution in [0.25, 0.3) is 6.08 Å². The van der Waals surface area contributed by atoms with Gasteiger partial charge < -0.3 is 15.4 Å². The van der Waals surface area contributed by atoms with Crippen LogP contribution in [0.4, 0.5) is 5.69 Å². The summed E-state index contributed by atoms with van der Waals surface area (Å²) in [6, 6.07) is 5.62. The maximum absolute atomic E-state index is 11.2. The lowest BCUT2D eigenvalue weighted by Gasteiger charge is -2.17. The molecule has 0 fully saturated rings. The van der Waals surface area contributed by atoms with Crippen LogP contribution in [0.3, 0.4) is 0 Å². The number of nitrogens with one attached hydrogen (secondary N) is 2. The molecule has 100 valence electrons. The molecule has 0 bridgehead atoms. The van der Waals surface area contributed by atoms with Crippen molar-refractivity contribution >= 4 is 23.6 Å². The maximum Gasteiger partial charge on any atom is 0.262 e. The van der Waals surface area contributed by atoms with Gasteiger partial charge in [0.15, 0.2) is 6.61 Å². The van der Waals surface area contributed by atoms with Gasteiger partial charge in [-0.05, 0) is 24.1 Å². The van der Waals surface area contributed by atoms with Crippen LogP contribution in [0.1, 0.15) is 18.9 Å². The quantitative estimate of drug-likeness (QED) is 0.807. The molecule has 1 aromatic carbocycles. The molecule has 0 spiro atoms. The number of anilines is 1. The first-order chi connectivity index (χ1) is 9.15. The Hall–Kier alpha value is -2.30. The molecule has 1 aliphatic rings. The second-order valence-corrected chi connectivity index (χ2v) is 4.27. The lowest BCUT2D eigenvalue weighted by Crippen LogP contribution is -2.25. The highest BCUT2D eigenvalue weighted by atomic mass is 16.5. The third-order valence-electron chi connectivity index (χ3n) is 2.63. The maximum atomic E-state index is 11.2. The predicted molar refractivity (Wildman–Crippen MR) is 72.9 cm³/mol. The number of hydrogen-bond acceptors (Lipinski definition) is 3. The number of benzene rings is 1. The highest BCUT2D eigenvalue weighted by Crippen LogP contribution is 2.28. The Morgan fingerprint density at radius 3 is 3.16 bits per heavy atom. The van der Waals surface area contributed by atoms with Gasteiger partial charge in [0.1, 0.15) is 5.75 Å². The molecular weight excluding hydrogens is 244 g/mol. The molecule has 0 radical (unpaired) electrons. The summed E-state index contributed by atoms with van der Waals surface area (Å²) in [5.74, 6) is 0.524. The molecule has 5 heteroatoms. The van der Waals surface area contributed by atoms with Crippen molar-refractivity contribution in [2.75, 3.05) is 18.5 Å². The Morgan fingerprint density at radius 1 is 1.53 bits per heavy atom. The molecule has 1 aromatic rings. The largest absolute Gasteiger partial charge is 0.482 e. The number of amides is 2. The minimum Gasteiger partial charge on any atom is -0.482 e. The first-order valence-electron chi connectivity index (χ1n) is 6.13. The summed E-state index contributed by atoms with van der Waals surface area (Å²) in [4.78, 5) is 21.9. The summed E-state index contributed by atoms with van der Waals surface area (Å²) >= 11 is 0. The van der Waals surface area contributed by atoms with E-state index in [-0.39, 0.29) is 18.4 Å². The van der Waals surface area contributed by atoms with Crippen molar-refractivity contribution < 1.29 is 14.3 Å². The number of fused-ring (bicyclic) bond motifs is 1. The summed E-state index contributed by atoms with van der Waals surface area (Å²) in [7, 11) is 0. The van der Waals surface area contributed by atoms with E-state index in [0.29, 0.717) is 18.0 Å². The second kappa shape index (κ2) is 6.04. The van der Waals surface area contributed by atoms with Crippen molar-refractivity contribution in [2.45, 2.75) is 13.3 Å². The zero-order chi connectivity index (χ0) is 13.7. The monoisotopic (exact) mass is 260 g/mol. The molecule has 0 unspecified atom stereocenters. The first kappa shape index (κ1) is 13.1. The second-order valence-electron chi connectivity index (χ2n) is 4.27. The van der Waals surface area contributed by atoms with Crippen molar-refractivity contribution in [3.05, 3.63) is 29.8 Å². The fourth-order valence-electron chi connectivity index (χ4n) is 1.76. The van der Waals surface area contributed by atoms with Crippen LogP contribution >= 0.6 is 0 Å². The molecule has 0 saturated carbocycles. The summed E-state index contributed by atoms with van der Waals surface area (Å²) in [5, 5.41) is 5.48. The Bertz CT molecular complexity index is 523. The molecule has 2 N–H and O–H groups in total. The summed E-state index contributed by atoms with van der Waals surface area (Å²) in [5.41, 5.74) is 1.67. The zero-order valence-electron chi connectivity index (χ0n) is 10.7. The molecular formula is C14H16N2O3. The molecule has 0 atom stereocenters. The van der Waals surface area contributed by atoms with Gasteiger partial charge in [-0.25, -0.2) is 0 Å². The minimum atomic E-state index is -0.140. The van der Waals surface area contributed by atoms with E-state index in [2.05, 4.69) is 10.6 Å². The molecule has 1 aliphatic heterocycles. The van der Waals surface area contributed by atoms with E-state index in [1.54, 1.807) is 0 Å². The van der Waals surface area contributed by atoms with Crippen LogP contribution in [0.2, 0.25) is 0 Å². The van der Waals surface area contributed by atoms with E-state index >= 15 is 0 Å². The molecule has 0 aliphatic carbocycles. The predicted octanol–water partition coefficient (Wildman–Crippen LogP) is 1.56. The van der Waals surface area contributed by atoms with Gasteiger partial charge in [0.05, 0.1) is 5.69 Å². The van der Waals surface area contributed by atoms with Crippen molar-refractivity contribution in [3.8, 4) is 5.75 Å². The third kappa shape index (κ3) is 3.84. The van der Waals surface area contributed by atoms with E-state index in [0.717, 1.165) is 12.0 Å². The van der Waals surface area contributed by atoms with Crippen molar-refractivity contribution in [1.82, 2.24) is 5.32 Å². The topological polar surface area (TPSA) is 67.4 Å². The Labute approximate surface area is 111 Å². The summed E-state index contributed by atoms with van der Waals surface area (Å²) in [6.45, 7) is 2.19. The Morgan fingerprint density at radius 2 is 2.37 bits per heavy atom. The van der Waals surface area contributed by atoms with Gasteiger partial charge in [0.25, 0.3) is 5.91 Å². The van der Waals surface area contributed by atoms with Crippen molar-refractivity contribution in [1.29, 1.82) is 0 Å². The first-order valence-corrected chi connectivity index (χ1v) is 6.13. The average Bonchev–Trinajstić information content (AvgIpc) is 2.37. The molecule has 0 aromatic heterocycles. The van der Waals surface area contributed by atoms with Gasteiger partial charge in [-0.15, -0.1) is 0 Å². The fourth-order valence-corrected chi connectivity index (χ4v) is 1.76. The van der Waals surface area contributed by atoms with Crippen molar-refractivity contribution in [3.63, 3.8) is 0 Å². The molecule has 0 saturated heterocycles. The number of ether oxygens (including phenoxy) is 1. The fraction of sp³-hybridized carbons (Fsp3) is 0.286. The highest BCUT2D eigenvalue weighted by molar-refractivity contribution is 5.95. The van der Waals surface area contributed by atoms with E-state index in [1.165, 1.54) is 6.92 Å². The molecule has 5 nitrogen and oxygen atoms in total. The SMILES string of the molecule is CC(=O)NCCC=Cc1ccc2c(c1)NC(=O)CO2. The minimum absolute atomic E-state index is 0.0259. The van der Waals surface area contributed by atoms with Crippen LogP contribution in [-0.2, 0) is 9.59 Å². The number of carbonyl (C=O) groups is 2. The van der Waals surface area contributed by atoms with E-state index in [1.807, 2.05) is 30.4 Å². The van der Waals surface area contributed by atoms with Gasteiger partial charge in [0.2, 0.25) is 5.91 Å². The zero-order valence-corrected chi connectivity index (χ0v) is 10.7. The normalized spacial score (nSPS) is 13.6. The Kier molecular flexibility index (Phi) is 4.18. The number of rotatable bonds is 4. The Balaban J connectivity index is 1.94. The smallest absolute Gasteiger partial charge is 0.262 e. The average molecular weight is 260 g/mol. The molecule has 19 heavy (non-hydrogen) atoms. The third-order valence-corrected chi connectivity index (χ3v) is 2.63. The van der Waals surface area contributed by atoms with E-state index < -0.39 is 0 Å². The van der Waals surface area contributed by atoms with Crippen LogP contribution in [0.5, 0.6) is 5.75 Å². The molecule has 2 rings (SSSR count). The highest BCUT2D eigenvalue weighted by Gasteiger charge is 2.15. The van der Waals surface area contributed by atoms with E-state index in [9.17, 15) is 9.59 Å². The standard InChI is InChI=1S/C14H16N2O3/c1-10(17)15-7-3-2-4-11-5-6-13-12(8-11)16-14(18)9-19-13/h2,4-6,8H,3,7,9H2,1H3,(H,15,17)(H,16,18). The number of hydrogen-bond donors (Lipinski definition) is 2. The van der Waals surface area contributed by atoms with Gasteiger partial charge in [-0.2, -0.15) is 0 Å². The van der Waals surface area contributed by atoms with Gasteiger partial charge in [0, 0.05) is 13.5 Å². The number of carbonyl (C=O) groups excluding carboxylic acids is 2. The van der Waals surface area contributed by atoms with Gasteiger partial charge in [-0.1, -0.05) is 18.2 Å². The van der Waals surface area contributed by atoms with Gasteiger partial charge >= 0.3 is 0 Å². The van der Waals surface area contributed by atoms with E-state index in [4.69, 9.17) is 4.74 Å². The molecule has 1 heterocycles. The van der Waals surface area contributed by atoms with Gasteiger partial charge in [-0.3, -0.25) is 9.59 Å². The van der Waals surface area contributed by atoms with Crippen LogP contribution < -0.4 is 15.4 Å². The van der Waals surface area contributed by atoms with Crippen molar-refractivity contribution in [2.24, 2.45) is 0 Å². The van der Waals surface area contributed by atoms with Crippen LogP contribution in [0, 0.1) is 0 Å². The van der Waals surface area contributed by atoms with Crippen LogP contribution in [0.15, 0.2) is 24.3 Å². The van der Waals surface area contributed by atoms with Crippen LogP contribution in [-0.4, -0.2) is 25.0 Å². The lowest BCUT2D eigenvalue weighted by molar-refractivity contribution is -0.119.